The van der Waals surface area contributed by atoms with Crippen LogP contribution in [0.1, 0.15) is 6.92 Å². The lowest BCUT2D eigenvalue weighted by Gasteiger charge is -2.18. The Morgan fingerprint density at radius 3 is 2.89 bits per heavy atom. The number of hydrogen-bond acceptors (Lipinski definition) is 6. The van der Waals surface area contributed by atoms with E-state index in [0.29, 0.717) is 12.5 Å². The molecule has 0 aromatic carbocycles. The van der Waals surface area contributed by atoms with Gasteiger partial charge in [0.05, 0.1) is 13.2 Å². The summed E-state index contributed by atoms with van der Waals surface area (Å²) in [7, 11) is 3.69. The predicted molar refractivity (Wildman–Crippen MR) is 71.2 cm³/mol. The van der Waals surface area contributed by atoms with Crippen LogP contribution in [0.5, 0.6) is 5.88 Å². The average molecular weight is 254 g/mol. The maximum Gasteiger partial charge on any atom is 0.218 e. The summed E-state index contributed by atoms with van der Waals surface area (Å²) in [6.07, 6.45) is 1.52. The third-order valence-corrected chi connectivity index (χ3v) is 2.42. The molecule has 0 radical (unpaired) electrons. The first-order valence-electron chi connectivity index (χ1n) is 6.13. The molecule has 6 nitrogen and oxygen atoms in total. The molecule has 102 valence electrons. The fourth-order valence-corrected chi connectivity index (χ4v) is 1.43. The van der Waals surface area contributed by atoms with Crippen molar-refractivity contribution >= 4 is 5.82 Å². The zero-order chi connectivity index (χ0) is 13.2. The largest absolute Gasteiger partial charge is 0.478 e. The highest BCUT2D eigenvalue weighted by Gasteiger charge is 2.04. The van der Waals surface area contributed by atoms with Gasteiger partial charge in [-0.1, -0.05) is 0 Å². The van der Waals surface area contributed by atoms with Crippen LogP contribution in [-0.2, 0) is 4.74 Å². The lowest BCUT2D eigenvalue weighted by molar-refractivity contribution is 0.200. The summed E-state index contributed by atoms with van der Waals surface area (Å²) in [5.41, 5.74) is 0. The fraction of sp³-hybridized carbons (Fsp3) is 0.667. The standard InChI is InChI=1S/C12H22N4O2/c1-4-18-12-9-11(14-10-15-12)16(2)7-5-13-6-8-17-3/h9-10,13H,4-8H2,1-3H3. The SMILES string of the molecule is CCOc1cc(N(C)CCNCCOC)ncn1. The highest BCUT2D eigenvalue weighted by Crippen LogP contribution is 2.13. The van der Waals surface area contributed by atoms with Gasteiger partial charge in [0.1, 0.15) is 12.1 Å². The third-order valence-electron chi connectivity index (χ3n) is 2.42. The fourth-order valence-electron chi connectivity index (χ4n) is 1.43. The molecule has 0 fully saturated rings. The minimum Gasteiger partial charge on any atom is -0.478 e. The van der Waals surface area contributed by atoms with E-state index in [1.54, 1.807) is 7.11 Å². The molecule has 0 saturated carbocycles. The van der Waals surface area contributed by atoms with Gasteiger partial charge in [-0.05, 0) is 6.92 Å². The summed E-state index contributed by atoms with van der Waals surface area (Å²) in [6.45, 7) is 5.88. The lowest BCUT2D eigenvalue weighted by Crippen LogP contribution is -2.31. The zero-order valence-electron chi connectivity index (χ0n) is 11.3. The number of methoxy groups -OCH3 is 1. The molecular weight excluding hydrogens is 232 g/mol. The zero-order valence-corrected chi connectivity index (χ0v) is 11.3. The molecular formula is C12H22N4O2. The van der Waals surface area contributed by atoms with E-state index >= 15 is 0 Å². The molecule has 0 amide bonds. The molecule has 1 aromatic heterocycles. The van der Waals surface area contributed by atoms with Gasteiger partial charge in [-0.25, -0.2) is 9.97 Å². The van der Waals surface area contributed by atoms with Crippen LogP contribution in [0.2, 0.25) is 0 Å². The van der Waals surface area contributed by atoms with E-state index in [9.17, 15) is 0 Å². The van der Waals surface area contributed by atoms with Crippen molar-refractivity contribution in [1.29, 1.82) is 0 Å². The second-order valence-corrected chi connectivity index (χ2v) is 3.81. The highest BCUT2D eigenvalue weighted by atomic mass is 16.5. The molecule has 0 atom stereocenters. The van der Waals surface area contributed by atoms with Crippen LogP contribution in [0, 0.1) is 0 Å². The Morgan fingerprint density at radius 2 is 2.17 bits per heavy atom. The summed E-state index contributed by atoms with van der Waals surface area (Å²) >= 11 is 0. The van der Waals surface area contributed by atoms with Crippen LogP contribution in [0.15, 0.2) is 12.4 Å². The van der Waals surface area contributed by atoms with E-state index in [1.165, 1.54) is 6.33 Å². The van der Waals surface area contributed by atoms with Gasteiger partial charge in [0.2, 0.25) is 5.88 Å². The Balaban J connectivity index is 2.36. The van der Waals surface area contributed by atoms with Crippen LogP contribution in [0.3, 0.4) is 0 Å². The average Bonchev–Trinajstić information content (AvgIpc) is 2.39. The van der Waals surface area contributed by atoms with Crippen LogP contribution >= 0.6 is 0 Å². The Morgan fingerprint density at radius 1 is 1.33 bits per heavy atom. The summed E-state index contributed by atoms with van der Waals surface area (Å²) < 4.78 is 10.3. The summed E-state index contributed by atoms with van der Waals surface area (Å²) in [4.78, 5) is 10.3. The first-order chi connectivity index (χ1) is 8.77. The molecule has 0 spiro atoms. The maximum atomic E-state index is 5.34. The maximum absolute atomic E-state index is 5.34. The van der Waals surface area contributed by atoms with Crippen LogP contribution in [-0.4, -0.2) is 57.0 Å². The van der Waals surface area contributed by atoms with Crippen LogP contribution < -0.4 is 15.0 Å². The number of aromatic nitrogens is 2. The predicted octanol–water partition coefficient (Wildman–Crippen LogP) is 0.548. The van der Waals surface area contributed by atoms with Crippen molar-refractivity contribution in [2.75, 3.05) is 51.9 Å². The number of rotatable bonds is 9. The minimum atomic E-state index is 0.610. The van der Waals surface area contributed by atoms with E-state index in [2.05, 4.69) is 20.2 Å². The molecule has 0 aliphatic rings. The van der Waals surface area contributed by atoms with Crippen molar-refractivity contribution in [3.63, 3.8) is 0 Å². The molecule has 18 heavy (non-hydrogen) atoms. The first kappa shape index (κ1) is 14.7. The van der Waals surface area contributed by atoms with Crippen molar-refractivity contribution in [2.45, 2.75) is 6.92 Å². The van der Waals surface area contributed by atoms with Crippen molar-refractivity contribution in [1.82, 2.24) is 15.3 Å². The summed E-state index contributed by atoms with van der Waals surface area (Å²) in [5, 5.41) is 3.29. The topological polar surface area (TPSA) is 59.5 Å². The molecule has 1 aromatic rings. The number of ether oxygens (including phenoxy) is 2. The van der Waals surface area contributed by atoms with Crippen molar-refractivity contribution < 1.29 is 9.47 Å². The molecule has 0 unspecified atom stereocenters. The van der Waals surface area contributed by atoms with Crippen LogP contribution in [0.25, 0.3) is 0 Å². The van der Waals surface area contributed by atoms with Crippen molar-refractivity contribution in [3.05, 3.63) is 12.4 Å². The molecule has 0 aliphatic carbocycles. The van der Waals surface area contributed by atoms with E-state index in [-0.39, 0.29) is 0 Å². The molecule has 0 aliphatic heterocycles. The number of likely N-dealkylation sites (N-methyl/N-ethyl adjacent to an activating group) is 1. The Labute approximate surface area is 108 Å². The van der Waals surface area contributed by atoms with Crippen molar-refractivity contribution in [3.8, 4) is 5.88 Å². The molecule has 6 heteroatoms. The van der Waals surface area contributed by atoms with Gasteiger partial charge in [-0.15, -0.1) is 0 Å². The normalized spacial score (nSPS) is 10.4. The van der Waals surface area contributed by atoms with Gasteiger partial charge >= 0.3 is 0 Å². The van der Waals surface area contributed by atoms with Gasteiger partial charge in [-0.3, -0.25) is 0 Å². The molecule has 0 bridgehead atoms. The van der Waals surface area contributed by atoms with Crippen LogP contribution in [0.4, 0.5) is 5.82 Å². The molecule has 1 heterocycles. The Hall–Kier alpha value is -1.40. The van der Waals surface area contributed by atoms with Gasteiger partial charge in [0, 0.05) is 39.9 Å². The number of hydrogen-bond donors (Lipinski definition) is 1. The Kier molecular flexibility index (Phi) is 7.05. The molecule has 1 rings (SSSR count). The smallest absolute Gasteiger partial charge is 0.218 e. The van der Waals surface area contributed by atoms with Gasteiger partial charge in [0.15, 0.2) is 0 Å². The van der Waals surface area contributed by atoms with E-state index in [1.807, 2.05) is 20.0 Å². The highest BCUT2D eigenvalue weighted by molar-refractivity contribution is 5.39. The first-order valence-corrected chi connectivity index (χ1v) is 6.13. The molecule has 0 saturated heterocycles. The summed E-state index contributed by atoms with van der Waals surface area (Å²) in [6, 6.07) is 1.85. The lowest BCUT2D eigenvalue weighted by atomic mass is 10.4. The minimum absolute atomic E-state index is 0.610. The van der Waals surface area contributed by atoms with Gasteiger partial charge < -0.3 is 19.7 Å². The van der Waals surface area contributed by atoms with E-state index in [4.69, 9.17) is 9.47 Å². The quantitative estimate of drug-likeness (QED) is 0.649. The van der Waals surface area contributed by atoms with E-state index in [0.717, 1.165) is 32.1 Å². The van der Waals surface area contributed by atoms with Gasteiger partial charge in [-0.2, -0.15) is 0 Å². The van der Waals surface area contributed by atoms with Crippen molar-refractivity contribution in [2.24, 2.45) is 0 Å². The second-order valence-electron chi connectivity index (χ2n) is 3.81. The third kappa shape index (κ3) is 5.29. The Bertz CT molecular complexity index is 336. The molecule has 1 N–H and O–H groups in total. The second kappa shape index (κ2) is 8.66. The summed E-state index contributed by atoms with van der Waals surface area (Å²) in [5.74, 6) is 1.48. The van der Waals surface area contributed by atoms with Gasteiger partial charge in [0.25, 0.3) is 0 Å². The van der Waals surface area contributed by atoms with E-state index < -0.39 is 0 Å². The number of nitrogens with one attached hydrogen (secondary N) is 1. The monoisotopic (exact) mass is 254 g/mol. The number of anilines is 1. The number of nitrogens with zero attached hydrogens (tertiary/aromatic N) is 3.